The number of rotatable bonds is 4. The Morgan fingerprint density at radius 1 is 1.44 bits per heavy atom. The molecule has 3 nitrogen and oxygen atoms in total. The zero-order valence-corrected chi connectivity index (χ0v) is 10.1. The second-order valence-electron chi connectivity index (χ2n) is 4.83. The first-order valence-electron chi connectivity index (χ1n) is 5.86. The normalized spacial score (nSPS) is 18.4. The highest BCUT2D eigenvalue weighted by molar-refractivity contribution is 5.70. The molecule has 0 saturated carbocycles. The predicted octanol–water partition coefficient (Wildman–Crippen LogP) is 2.12. The summed E-state index contributed by atoms with van der Waals surface area (Å²) in [7, 11) is 0. The van der Waals surface area contributed by atoms with Crippen molar-refractivity contribution >= 4 is 5.97 Å². The molecule has 18 heavy (non-hydrogen) atoms. The predicted molar refractivity (Wildman–Crippen MR) is 61.9 cm³/mol. The number of carboxylic acid groups (broad SMARTS) is 1. The van der Waals surface area contributed by atoms with Gasteiger partial charge in [-0.2, -0.15) is 0 Å². The minimum atomic E-state index is -0.847. The molecule has 1 aliphatic rings. The SMILES string of the molecule is CC(C(=O)O)C1CN(Cc2ccc(F)c(F)c2)C1. The van der Waals surface area contributed by atoms with Gasteiger partial charge in [0.1, 0.15) is 0 Å². The first kappa shape index (κ1) is 13.0. The fraction of sp³-hybridized carbons (Fsp3) is 0.462. The van der Waals surface area contributed by atoms with Crippen molar-refractivity contribution in [3.63, 3.8) is 0 Å². The molecule has 98 valence electrons. The van der Waals surface area contributed by atoms with Crippen LogP contribution < -0.4 is 0 Å². The van der Waals surface area contributed by atoms with E-state index in [9.17, 15) is 13.6 Å². The fourth-order valence-corrected chi connectivity index (χ4v) is 2.15. The monoisotopic (exact) mass is 255 g/mol. The van der Waals surface area contributed by atoms with Crippen molar-refractivity contribution in [2.45, 2.75) is 13.5 Å². The summed E-state index contributed by atoms with van der Waals surface area (Å²) in [4.78, 5) is 12.8. The second-order valence-corrected chi connectivity index (χ2v) is 4.83. The summed E-state index contributed by atoms with van der Waals surface area (Å²) in [5.74, 6) is -2.69. The van der Waals surface area contributed by atoms with E-state index >= 15 is 0 Å². The van der Waals surface area contributed by atoms with E-state index < -0.39 is 17.6 Å². The number of carboxylic acids is 1. The molecule has 1 unspecified atom stereocenters. The average Bonchev–Trinajstić information content (AvgIpc) is 2.26. The van der Waals surface area contributed by atoms with E-state index in [0.717, 1.165) is 6.07 Å². The molecule has 1 fully saturated rings. The lowest BCUT2D eigenvalue weighted by Gasteiger charge is -2.41. The van der Waals surface area contributed by atoms with Crippen LogP contribution in [0.3, 0.4) is 0 Å². The first-order chi connectivity index (χ1) is 8.47. The summed E-state index contributed by atoms with van der Waals surface area (Å²) in [5, 5.41) is 8.85. The standard InChI is InChI=1S/C13H15F2NO2/c1-8(13(17)18)10-6-16(7-10)5-9-2-3-11(14)12(15)4-9/h2-4,8,10H,5-7H2,1H3,(H,17,18). The van der Waals surface area contributed by atoms with Crippen LogP contribution >= 0.6 is 0 Å². The molecule has 1 saturated heterocycles. The molecule has 0 amide bonds. The number of likely N-dealkylation sites (tertiary alicyclic amines) is 1. The third-order valence-corrected chi connectivity index (χ3v) is 3.47. The third-order valence-electron chi connectivity index (χ3n) is 3.47. The molecule has 1 aromatic rings. The van der Waals surface area contributed by atoms with Gasteiger partial charge in [-0.1, -0.05) is 13.0 Å². The Balaban J connectivity index is 1.86. The van der Waals surface area contributed by atoms with Gasteiger partial charge in [-0.15, -0.1) is 0 Å². The Bertz CT molecular complexity index is 458. The van der Waals surface area contributed by atoms with E-state index in [1.807, 2.05) is 4.90 Å². The molecule has 1 N–H and O–H groups in total. The summed E-state index contributed by atoms with van der Waals surface area (Å²) in [5.41, 5.74) is 0.704. The van der Waals surface area contributed by atoms with Gasteiger partial charge in [0.15, 0.2) is 11.6 Å². The Hall–Kier alpha value is -1.49. The number of hydrogen-bond donors (Lipinski definition) is 1. The highest BCUT2D eigenvalue weighted by Gasteiger charge is 2.34. The van der Waals surface area contributed by atoms with Crippen molar-refractivity contribution in [2.75, 3.05) is 13.1 Å². The molecule has 5 heteroatoms. The van der Waals surface area contributed by atoms with Gasteiger partial charge in [0.05, 0.1) is 5.92 Å². The van der Waals surface area contributed by atoms with Crippen molar-refractivity contribution in [1.82, 2.24) is 4.90 Å². The molecule has 2 rings (SSSR count). The van der Waals surface area contributed by atoms with Gasteiger partial charge in [0, 0.05) is 19.6 Å². The zero-order chi connectivity index (χ0) is 13.3. The minimum Gasteiger partial charge on any atom is -0.481 e. The van der Waals surface area contributed by atoms with Crippen LogP contribution in [-0.2, 0) is 11.3 Å². The smallest absolute Gasteiger partial charge is 0.306 e. The van der Waals surface area contributed by atoms with Gasteiger partial charge in [-0.25, -0.2) is 8.78 Å². The number of benzene rings is 1. The van der Waals surface area contributed by atoms with E-state index in [-0.39, 0.29) is 11.8 Å². The molecule has 0 aliphatic carbocycles. The van der Waals surface area contributed by atoms with E-state index in [4.69, 9.17) is 5.11 Å². The molecule has 1 aromatic carbocycles. The largest absolute Gasteiger partial charge is 0.481 e. The van der Waals surface area contributed by atoms with Crippen molar-refractivity contribution in [3.8, 4) is 0 Å². The zero-order valence-electron chi connectivity index (χ0n) is 10.1. The summed E-state index contributed by atoms with van der Waals surface area (Å²) >= 11 is 0. The van der Waals surface area contributed by atoms with Gasteiger partial charge in [-0.3, -0.25) is 9.69 Å². The summed E-state index contributed by atoms with van der Waals surface area (Å²) in [6, 6.07) is 3.84. The minimum absolute atomic E-state index is 0.146. The Morgan fingerprint density at radius 2 is 2.11 bits per heavy atom. The Kier molecular flexibility index (Phi) is 3.61. The number of hydrogen-bond acceptors (Lipinski definition) is 2. The third kappa shape index (κ3) is 2.67. The molecule has 1 atom stereocenters. The quantitative estimate of drug-likeness (QED) is 0.895. The first-order valence-corrected chi connectivity index (χ1v) is 5.86. The van der Waals surface area contributed by atoms with Crippen LogP contribution in [-0.4, -0.2) is 29.1 Å². The molecular formula is C13H15F2NO2. The maximum Gasteiger partial charge on any atom is 0.306 e. The van der Waals surface area contributed by atoms with Gasteiger partial charge in [-0.05, 0) is 23.6 Å². The lowest BCUT2D eigenvalue weighted by molar-refractivity contribution is -0.145. The number of halogens is 2. The van der Waals surface area contributed by atoms with Gasteiger partial charge < -0.3 is 5.11 Å². The molecule has 0 radical (unpaired) electrons. The van der Waals surface area contributed by atoms with Crippen LogP contribution in [0.5, 0.6) is 0 Å². The van der Waals surface area contributed by atoms with Crippen molar-refractivity contribution in [2.24, 2.45) is 11.8 Å². The maximum absolute atomic E-state index is 13.0. The van der Waals surface area contributed by atoms with Crippen molar-refractivity contribution in [1.29, 1.82) is 0 Å². The molecule has 0 bridgehead atoms. The van der Waals surface area contributed by atoms with Gasteiger partial charge >= 0.3 is 5.97 Å². The maximum atomic E-state index is 13.0. The lowest BCUT2D eigenvalue weighted by Crippen LogP contribution is -2.50. The average molecular weight is 255 g/mol. The van der Waals surface area contributed by atoms with Gasteiger partial charge in [0.2, 0.25) is 0 Å². The topological polar surface area (TPSA) is 40.5 Å². The highest BCUT2D eigenvalue weighted by atomic mass is 19.2. The molecule has 1 heterocycles. The van der Waals surface area contributed by atoms with E-state index in [0.29, 0.717) is 25.2 Å². The number of nitrogens with zero attached hydrogens (tertiary/aromatic N) is 1. The van der Waals surface area contributed by atoms with Crippen LogP contribution in [0.15, 0.2) is 18.2 Å². The van der Waals surface area contributed by atoms with E-state index in [2.05, 4.69) is 0 Å². The summed E-state index contributed by atoms with van der Waals surface area (Å²) in [6.07, 6.45) is 0. The Morgan fingerprint density at radius 3 is 2.67 bits per heavy atom. The Labute approximate surface area is 104 Å². The number of aliphatic carboxylic acids is 1. The van der Waals surface area contributed by atoms with Crippen molar-refractivity contribution in [3.05, 3.63) is 35.4 Å². The molecule has 0 aromatic heterocycles. The number of carbonyl (C=O) groups is 1. The van der Waals surface area contributed by atoms with Crippen LogP contribution in [0, 0.1) is 23.5 Å². The summed E-state index contributed by atoms with van der Waals surface area (Å²) < 4.78 is 25.7. The van der Waals surface area contributed by atoms with E-state index in [1.165, 1.54) is 6.07 Å². The van der Waals surface area contributed by atoms with Crippen molar-refractivity contribution < 1.29 is 18.7 Å². The molecular weight excluding hydrogens is 240 g/mol. The van der Waals surface area contributed by atoms with Crippen LogP contribution in [0.1, 0.15) is 12.5 Å². The lowest BCUT2D eigenvalue weighted by atomic mass is 9.87. The second kappa shape index (κ2) is 5.02. The van der Waals surface area contributed by atoms with Crippen LogP contribution in [0.2, 0.25) is 0 Å². The summed E-state index contributed by atoms with van der Waals surface area (Å²) in [6.45, 7) is 3.60. The molecule has 1 aliphatic heterocycles. The van der Waals surface area contributed by atoms with E-state index in [1.54, 1.807) is 13.0 Å². The molecule has 0 spiro atoms. The van der Waals surface area contributed by atoms with Crippen LogP contribution in [0.4, 0.5) is 8.78 Å². The fourth-order valence-electron chi connectivity index (χ4n) is 2.15. The highest BCUT2D eigenvalue weighted by Crippen LogP contribution is 2.25. The van der Waals surface area contributed by atoms with Gasteiger partial charge in [0.25, 0.3) is 0 Å². The van der Waals surface area contributed by atoms with Crippen LogP contribution in [0.25, 0.3) is 0 Å².